The highest BCUT2D eigenvalue weighted by molar-refractivity contribution is 5.90. The van der Waals surface area contributed by atoms with Crippen LogP contribution >= 0.6 is 0 Å². The van der Waals surface area contributed by atoms with Gasteiger partial charge in [-0.05, 0) is 78.6 Å². The van der Waals surface area contributed by atoms with Crippen molar-refractivity contribution in [2.45, 2.75) is 57.8 Å². The second kappa shape index (κ2) is 11.2. The van der Waals surface area contributed by atoms with E-state index in [4.69, 9.17) is 15.0 Å². The van der Waals surface area contributed by atoms with Crippen molar-refractivity contribution in [1.29, 1.82) is 0 Å². The maximum Gasteiger partial charge on any atom is 0.164 e. The van der Waals surface area contributed by atoms with Crippen molar-refractivity contribution in [2.24, 2.45) is 0 Å². The van der Waals surface area contributed by atoms with Crippen LogP contribution in [-0.2, 0) is 16.2 Å². The second-order valence-electron chi connectivity index (χ2n) is 15.7. The van der Waals surface area contributed by atoms with E-state index in [0.29, 0.717) is 17.5 Å². The summed E-state index contributed by atoms with van der Waals surface area (Å²) in [5, 5.41) is 0. The summed E-state index contributed by atoms with van der Waals surface area (Å²) in [7, 11) is 0. The smallest absolute Gasteiger partial charge is 0.164 e. The monoisotopic (exact) mass is 659 g/mol. The third-order valence-corrected chi connectivity index (χ3v) is 12.0. The summed E-state index contributed by atoms with van der Waals surface area (Å²) < 4.78 is 0. The van der Waals surface area contributed by atoms with E-state index in [1.807, 2.05) is 60.7 Å². The molecule has 9 rings (SSSR count). The molecule has 2 aliphatic rings. The van der Waals surface area contributed by atoms with Crippen molar-refractivity contribution in [1.82, 2.24) is 15.0 Å². The van der Waals surface area contributed by atoms with Crippen LogP contribution in [0.25, 0.3) is 67.5 Å². The van der Waals surface area contributed by atoms with E-state index >= 15 is 0 Å². The van der Waals surface area contributed by atoms with E-state index < -0.39 is 0 Å². The Balaban J connectivity index is 1.16. The van der Waals surface area contributed by atoms with Gasteiger partial charge in [0.25, 0.3) is 0 Å². The molecule has 6 aromatic carbocycles. The van der Waals surface area contributed by atoms with Gasteiger partial charge in [-0.15, -0.1) is 0 Å². The summed E-state index contributed by atoms with van der Waals surface area (Å²) in [5.74, 6) is 1.99. The highest BCUT2D eigenvalue weighted by Crippen LogP contribution is 2.61. The number of fused-ring (bicyclic) bond motifs is 7. The minimum absolute atomic E-state index is 0.0298. The largest absolute Gasteiger partial charge is 0.208 e. The molecule has 0 bridgehead atoms. The maximum atomic E-state index is 5.00. The van der Waals surface area contributed by atoms with Gasteiger partial charge in [0.1, 0.15) is 0 Å². The minimum atomic E-state index is -0.174. The molecule has 1 aromatic heterocycles. The molecule has 3 heteroatoms. The first-order valence-corrected chi connectivity index (χ1v) is 18.0. The lowest BCUT2D eigenvalue weighted by Gasteiger charge is -2.50. The quantitative estimate of drug-likeness (QED) is 0.189. The van der Waals surface area contributed by atoms with Crippen LogP contribution in [0.2, 0.25) is 0 Å². The molecule has 51 heavy (non-hydrogen) atoms. The van der Waals surface area contributed by atoms with Gasteiger partial charge in [-0.2, -0.15) is 0 Å². The van der Waals surface area contributed by atoms with E-state index in [1.54, 1.807) is 0 Å². The number of hydrogen-bond donors (Lipinski definition) is 0. The van der Waals surface area contributed by atoms with Crippen LogP contribution < -0.4 is 0 Å². The number of nitrogens with zero attached hydrogens (tertiary/aromatic N) is 3. The van der Waals surface area contributed by atoms with E-state index in [0.717, 1.165) is 22.3 Å². The van der Waals surface area contributed by atoms with Crippen LogP contribution in [0, 0.1) is 0 Å². The van der Waals surface area contributed by atoms with Crippen molar-refractivity contribution in [3.63, 3.8) is 0 Å². The first-order chi connectivity index (χ1) is 24.6. The van der Waals surface area contributed by atoms with Crippen LogP contribution in [-0.4, -0.2) is 15.0 Å². The molecule has 0 N–H and O–H groups in total. The van der Waals surface area contributed by atoms with Crippen LogP contribution in [0.15, 0.2) is 140 Å². The topological polar surface area (TPSA) is 38.7 Å². The first kappa shape index (κ1) is 31.3. The molecule has 0 saturated carbocycles. The molecule has 0 radical (unpaired) electrons. The van der Waals surface area contributed by atoms with Gasteiger partial charge in [0.2, 0.25) is 0 Å². The van der Waals surface area contributed by atoms with Gasteiger partial charge in [0, 0.05) is 22.1 Å². The van der Waals surface area contributed by atoms with E-state index in [1.165, 1.54) is 50.1 Å². The summed E-state index contributed by atoms with van der Waals surface area (Å²) in [6.45, 7) is 14.6. The van der Waals surface area contributed by atoms with Gasteiger partial charge >= 0.3 is 0 Å². The van der Waals surface area contributed by atoms with Gasteiger partial charge in [-0.3, -0.25) is 0 Å². The number of benzene rings is 6. The Bertz CT molecular complexity index is 2430. The zero-order valence-electron chi connectivity index (χ0n) is 30.1. The molecular formula is C48H41N3. The fraction of sp³-hybridized carbons (Fsp3) is 0.188. The van der Waals surface area contributed by atoms with Crippen molar-refractivity contribution in [2.75, 3.05) is 0 Å². The van der Waals surface area contributed by atoms with E-state index in [2.05, 4.69) is 120 Å². The highest BCUT2D eigenvalue weighted by atomic mass is 15.0. The molecule has 7 aromatic rings. The zero-order chi connectivity index (χ0) is 35.1. The third kappa shape index (κ3) is 4.68. The fourth-order valence-electron chi connectivity index (χ4n) is 8.65. The molecule has 1 heterocycles. The average Bonchev–Trinajstić information content (AvgIpc) is 3.40. The average molecular weight is 660 g/mol. The normalized spacial score (nSPS) is 15.7. The Kier molecular flexibility index (Phi) is 6.86. The Labute approximate surface area is 301 Å². The fourth-order valence-corrected chi connectivity index (χ4v) is 8.65. The predicted octanol–water partition coefficient (Wildman–Crippen LogP) is 12.1. The predicted molar refractivity (Wildman–Crippen MR) is 211 cm³/mol. The lowest BCUT2D eigenvalue weighted by atomic mass is 9.53. The number of aromatic nitrogens is 3. The summed E-state index contributed by atoms with van der Waals surface area (Å²) >= 11 is 0. The summed E-state index contributed by atoms with van der Waals surface area (Å²) in [6, 6.07) is 49.8. The minimum Gasteiger partial charge on any atom is -0.208 e. The Morgan fingerprint density at radius 3 is 1.45 bits per heavy atom. The van der Waals surface area contributed by atoms with E-state index in [-0.39, 0.29) is 16.2 Å². The maximum absolute atomic E-state index is 5.00. The van der Waals surface area contributed by atoms with Gasteiger partial charge < -0.3 is 0 Å². The van der Waals surface area contributed by atoms with Crippen molar-refractivity contribution in [3.05, 3.63) is 162 Å². The Hall–Kier alpha value is -5.67. The number of hydrogen-bond acceptors (Lipinski definition) is 3. The van der Waals surface area contributed by atoms with Gasteiger partial charge in [0.05, 0.1) is 0 Å². The number of rotatable bonds is 4. The molecule has 0 amide bonds. The van der Waals surface area contributed by atoms with Gasteiger partial charge in [-0.1, -0.05) is 169 Å². The van der Waals surface area contributed by atoms with Gasteiger partial charge in [0.15, 0.2) is 17.5 Å². The van der Waals surface area contributed by atoms with Crippen LogP contribution in [0.1, 0.15) is 63.8 Å². The zero-order valence-corrected chi connectivity index (χ0v) is 30.1. The lowest BCUT2D eigenvalue weighted by Crippen LogP contribution is -2.45. The molecule has 0 aliphatic heterocycles. The van der Waals surface area contributed by atoms with Crippen LogP contribution in [0.3, 0.4) is 0 Å². The molecule has 2 aliphatic carbocycles. The van der Waals surface area contributed by atoms with Crippen LogP contribution in [0.5, 0.6) is 0 Å². The highest BCUT2D eigenvalue weighted by Gasteiger charge is 2.50. The molecular weight excluding hydrogens is 619 g/mol. The van der Waals surface area contributed by atoms with E-state index in [9.17, 15) is 0 Å². The second-order valence-corrected chi connectivity index (χ2v) is 15.7. The lowest BCUT2D eigenvalue weighted by molar-refractivity contribution is 0.295. The molecule has 248 valence electrons. The summed E-state index contributed by atoms with van der Waals surface area (Å²) in [5.41, 5.74) is 16.2. The van der Waals surface area contributed by atoms with Crippen molar-refractivity contribution < 1.29 is 0 Å². The Morgan fingerprint density at radius 1 is 0.333 bits per heavy atom. The molecule has 0 spiro atoms. The van der Waals surface area contributed by atoms with Crippen molar-refractivity contribution in [3.8, 4) is 67.5 Å². The molecule has 3 nitrogen and oxygen atoms in total. The molecule has 0 saturated heterocycles. The van der Waals surface area contributed by atoms with Gasteiger partial charge in [-0.25, -0.2) is 15.0 Å². The molecule has 0 fully saturated rings. The standard InChI is InChI=1S/C48H41N3/c1-46(2)40-29-33(24-25-36(40)37-26-27-38-35-22-13-14-23-39(35)47(3,4)48(5,6)42(38)41(37)46)32-20-15-21-34(28-32)45-50-43(30-16-9-7-10-17-30)49-44(51-45)31-18-11-8-12-19-31/h7-29H,1-6H3. The van der Waals surface area contributed by atoms with Crippen LogP contribution in [0.4, 0.5) is 0 Å². The van der Waals surface area contributed by atoms with Crippen molar-refractivity contribution >= 4 is 0 Å². The summed E-state index contributed by atoms with van der Waals surface area (Å²) in [4.78, 5) is 14.9. The summed E-state index contributed by atoms with van der Waals surface area (Å²) in [6.07, 6.45) is 0. The SMILES string of the molecule is CC1(C)c2cc(-c3cccc(-c4nc(-c5ccccc5)nc(-c5ccccc5)n4)c3)ccc2-c2ccc3c(c21)C(C)(C)C(C)(C)c1ccccc1-3. The first-order valence-electron chi connectivity index (χ1n) is 18.0. The molecule has 0 atom stereocenters. The Morgan fingerprint density at radius 2 is 0.804 bits per heavy atom. The molecule has 0 unspecified atom stereocenters. The third-order valence-electron chi connectivity index (χ3n) is 12.0.